The summed E-state index contributed by atoms with van der Waals surface area (Å²) in [4.78, 5) is 24.0. The van der Waals surface area contributed by atoms with Crippen LogP contribution in [-0.2, 0) is 11.3 Å². The molecule has 1 atom stereocenters. The average molecular weight is 546 g/mol. The van der Waals surface area contributed by atoms with Crippen LogP contribution < -0.4 is 29.7 Å². The number of benzene rings is 2. The number of nitrogens with one attached hydrogen (secondary N) is 2. The zero-order chi connectivity index (χ0) is 26.4. The molecular formula is C26H29Cl2N5O4. The number of hydrogen-bond donors (Lipinski definition) is 2. The topological polar surface area (TPSA) is 97.8 Å². The Balaban J connectivity index is 1.42. The Labute approximate surface area is 226 Å². The smallest absolute Gasteiger partial charge is 0.229 e. The molecule has 1 saturated heterocycles. The number of ether oxygens (including phenoxy) is 3. The van der Waals surface area contributed by atoms with E-state index in [1.54, 1.807) is 51.8 Å². The van der Waals surface area contributed by atoms with Gasteiger partial charge in [-0.2, -0.15) is 4.98 Å². The van der Waals surface area contributed by atoms with Crippen LogP contribution in [0.1, 0.15) is 18.4 Å². The van der Waals surface area contributed by atoms with Gasteiger partial charge in [-0.1, -0.05) is 29.3 Å². The number of piperidine rings is 1. The molecule has 196 valence electrons. The molecule has 2 heterocycles. The third-order valence-electron chi connectivity index (χ3n) is 6.13. The second-order valence-corrected chi connectivity index (χ2v) is 9.34. The van der Waals surface area contributed by atoms with Gasteiger partial charge in [0.25, 0.3) is 0 Å². The van der Waals surface area contributed by atoms with E-state index in [1.165, 1.54) is 0 Å². The fourth-order valence-corrected chi connectivity index (χ4v) is 4.57. The molecule has 9 nitrogen and oxygen atoms in total. The molecular weight excluding hydrogens is 517 g/mol. The maximum absolute atomic E-state index is 12.9. The van der Waals surface area contributed by atoms with E-state index in [0.717, 1.165) is 30.8 Å². The van der Waals surface area contributed by atoms with Crippen LogP contribution in [0.5, 0.6) is 17.2 Å². The van der Waals surface area contributed by atoms with Gasteiger partial charge in [0.2, 0.25) is 17.6 Å². The quantitative estimate of drug-likeness (QED) is 0.383. The van der Waals surface area contributed by atoms with Crippen LogP contribution in [0.2, 0.25) is 10.0 Å². The van der Waals surface area contributed by atoms with Crippen LogP contribution in [0, 0.1) is 5.92 Å². The second-order valence-electron chi connectivity index (χ2n) is 8.53. The number of carbonyl (C=O) groups excluding carboxylic acids is 1. The van der Waals surface area contributed by atoms with E-state index in [-0.39, 0.29) is 11.8 Å². The number of hydrogen-bond acceptors (Lipinski definition) is 8. The zero-order valence-electron chi connectivity index (χ0n) is 20.9. The molecule has 0 spiro atoms. The predicted octanol–water partition coefficient (Wildman–Crippen LogP) is 5.09. The maximum atomic E-state index is 12.9. The molecule has 4 rings (SSSR count). The normalized spacial score (nSPS) is 15.2. The van der Waals surface area contributed by atoms with Gasteiger partial charge in [0, 0.05) is 43.7 Å². The summed E-state index contributed by atoms with van der Waals surface area (Å²) >= 11 is 12.1. The van der Waals surface area contributed by atoms with E-state index in [2.05, 4.69) is 25.5 Å². The van der Waals surface area contributed by atoms with Gasteiger partial charge in [0.15, 0.2) is 11.5 Å². The minimum absolute atomic E-state index is 0.000556. The summed E-state index contributed by atoms with van der Waals surface area (Å²) in [5.41, 5.74) is 1.58. The van der Waals surface area contributed by atoms with E-state index in [1.807, 2.05) is 12.1 Å². The van der Waals surface area contributed by atoms with Crippen molar-refractivity contribution in [3.8, 4) is 17.2 Å². The van der Waals surface area contributed by atoms with E-state index in [4.69, 9.17) is 37.4 Å². The van der Waals surface area contributed by atoms with Crippen LogP contribution in [-0.4, -0.2) is 50.3 Å². The standard InChI is InChI=1S/C26H29Cl2N5O4/c1-35-21-12-18(13-22(36-2)24(21)37-3)31-26-29-9-8-23(32-26)33-10-4-5-17(15-33)25(34)30-14-16-6-7-19(27)20(28)11-16/h6-9,11-13,17H,4-5,10,14-15H2,1-3H3,(H,30,34)(H,29,31,32). The fraction of sp³-hybridized carbons (Fsp3) is 0.346. The van der Waals surface area contributed by atoms with Crippen molar-refractivity contribution >= 4 is 46.6 Å². The number of nitrogens with zero attached hydrogens (tertiary/aromatic N) is 3. The molecule has 1 fully saturated rings. The molecule has 37 heavy (non-hydrogen) atoms. The molecule has 1 amide bonds. The number of halogens is 2. The summed E-state index contributed by atoms with van der Waals surface area (Å²) in [5, 5.41) is 7.18. The highest BCUT2D eigenvalue weighted by Crippen LogP contribution is 2.40. The van der Waals surface area contributed by atoms with E-state index < -0.39 is 0 Å². The summed E-state index contributed by atoms with van der Waals surface area (Å²) in [5.74, 6) is 2.54. The third kappa shape index (κ3) is 6.47. The Morgan fingerprint density at radius 3 is 2.49 bits per heavy atom. The number of methoxy groups -OCH3 is 3. The van der Waals surface area contributed by atoms with Crippen molar-refractivity contribution < 1.29 is 19.0 Å². The van der Waals surface area contributed by atoms with Crippen molar-refractivity contribution in [2.75, 3.05) is 44.6 Å². The molecule has 3 aromatic rings. The lowest BCUT2D eigenvalue weighted by molar-refractivity contribution is -0.125. The Morgan fingerprint density at radius 1 is 1.05 bits per heavy atom. The van der Waals surface area contributed by atoms with Crippen molar-refractivity contribution in [2.24, 2.45) is 5.92 Å². The number of rotatable bonds is 9. The first-order chi connectivity index (χ1) is 17.9. The van der Waals surface area contributed by atoms with Crippen LogP contribution in [0.3, 0.4) is 0 Å². The van der Waals surface area contributed by atoms with Gasteiger partial charge >= 0.3 is 0 Å². The van der Waals surface area contributed by atoms with Gasteiger partial charge in [0.1, 0.15) is 5.82 Å². The molecule has 1 aromatic heterocycles. The Hall–Kier alpha value is -3.43. The van der Waals surface area contributed by atoms with E-state index in [9.17, 15) is 4.79 Å². The van der Waals surface area contributed by atoms with E-state index in [0.29, 0.717) is 52.0 Å². The number of amides is 1. The Bertz CT molecular complexity index is 1230. The first-order valence-electron chi connectivity index (χ1n) is 11.8. The van der Waals surface area contributed by atoms with Gasteiger partial charge < -0.3 is 29.7 Å². The summed E-state index contributed by atoms with van der Waals surface area (Å²) < 4.78 is 16.2. The molecule has 0 saturated carbocycles. The highest BCUT2D eigenvalue weighted by atomic mass is 35.5. The summed E-state index contributed by atoms with van der Waals surface area (Å²) in [6.45, 7) is 1.76. The number of anilines is 3. The first-order valence-corrected chi connectivity index (χ1v) is 12.5. The van der Waals surface area contributed by atoms with Gasteiger partial charge in [-0.25, -0.2) is 4.98 Å². The minimum atomic E-state index is -0.155. The van der Waals surface area contributed by atoms with Crippen LogP contribution in [0.15, 0.2) is 42.6 Å². The van der Waals surface area contributed by atoms with Gasteiger partial charge in [-0.15, -0.1) is 0 Å². The van der Waals surface area contributed by atoms with Crippen LogP contribution in [0.4, 0.5) is 17.5 Å². The molecule has 1 unspecified atom stereocenters. The predicted molar refractivity (Wildman–Crippen MR) is 145 cm³/mol. The summed E-state index contributed by atoms with van der Waals surface area (Å²) in [7, 11) is 4.68. The largest absolute Gasteiger partial charge is 0.493 e. The monoisotopic (exact) mass is 545 g/mol. The molecule has 2 N–H and O–H groups in total. The first kappa shape index (κ1) is 26.6. The molecule has 0 aliphatic carbocycles. The van der Waals surface area contributed by atoms with Gasteiger partial charge in [-0.3, -0.25) is 4.79 Å². The minimum Gasteiger partial charge on any atom is -0.493 e. The average Bonchev–Trinajstić information content (AvgIpc) is 2.93. The van der Waals surface area contributed by atoms with Crippen molar-refractivity contribution in [2.45, 2.75) is 19.4 Å². The van der Waals surface area contributed by atoms with Crippen LogP contribution >= 0.6 is 23.2 Å². The van der Waals surface area contributed by atoms with Crippen molar-refractivity contribution in [3.05, 3.63) is 58.2 Å². The molecule has 0 bridgehead atoms. The zero-order valence-corrected chi connectivity index (χ0v) is 22.4. The number of carbonyl (C=O) groups is 1. The Morgan fingerprint density at radius 2 is 1.81 bits per heavy atom. The highest BCUT2D eigenvalue weighted by Gasteiger charge is 2.26. The fourth-order valence-electron chi connectivity index (χ4n) is 4.25. The molecule has 1 aliphatic rings. The van der Waals surface area contributed by atoms with Crippen LogP contribution in [0.25, 0.3) is 0 Å². The van der Waals surface area contributed by atoms with Crippen molar-refractivity contribution in [1.29, 1.82) is 0 Å². The second kappa shape index (κ2) is 12.2. The highest BCUT2D eigenvalue weighted by molar-refractivity contribution is 6.42. The van der Waals surface area contributed by atoms with Crippen molar-refractivity contribution in [3.63, 3.8) is 0 Å². The summed E-state index contributed by atoms with van der Waals surface area (Å²) in [6, 6.07) is 10.8. The maximum Gasteiger partial charge on any atom is 0.229 e. The lowest BCUT2D eigenvalue weighted by Crippen LogP contribution is -2.43. The molecule has 2 aromatic carbocycles. The lowest BCUT2D eigenvalue weighted by Gasteiger charge is -2.33. The molecule has 0 radical (unpaired) electrons. The van der Waals surface area contributed by atoms with Crippen molar-refractivity contribution in [1.82, 2.24) is 15.3 Å². The van der Waals surface area contributed by atoms with E-state index >= 15 is 0 Å². The van der Waals surface area contributed by atoms with Gasteiger partial charge in [-0.05, 0) is 36.6 Å². The van der Waals surface area contributed by atoms with Gasteiger partial charge in [0.05, 0.1) is 37.3 Å². The molecule has 1 aliphatic heterocycles. The SMILES string of the molecule is COc1cc(Nc2nccc(N3CCCC(C(=O)NCc4ccc(Cl)c(Cl)c4)C3)n2)cc(OC)c1OC. The third-order valence-corrected chi connectivity index (χ3v) is 6.87. The number of aromatic nitrogens is 2. The Kier molecular flexibility index (Phi) is 8.78. The summed E-state index contributed by atoms with van der Waals surface area (Å²) in [6.07, 6.45) is 3.38. The molecule has 11 heteroatoms. The lowest BCUT2D eigenvalue weighted by atomic mass is 9.97.